The van der Waals surface area contributed by atoms with Crippen LogP contribution in [-0.4, -0.2) is 35.2 Å². The molecule has 1 saturated carbocycles. The van der Waals surface area contributed by atoms with Gasteiger partial charge in [0.1, 0.15) is 6.10 Å². The summed E-state index contributed by atoms with van der Waals surface area (Å²) in [6, 6.07) is 0.0359. The van der Waals surface area contributed by atoms with Crippen LogP contribution in [0, 0.1) is 0 Å². The molecule has 0 aromatic carbocycles. The number of ether oxygens (including phenoxy) is 2. The molecule has 4 unspecified atom stereocenters. The molecule has 1 heterocycles. The molecule has 2 fully saturated rings. The maximum atomic E-state index is 9.70. The van der Waals surface area contributed by atoms with Gasteiger partial charge in [-0.25, -0.2) is 0 Å². The fraction of sp³-hybridized carbons (Fsp3) is 1.00. The Morgan fingerprint density at radius 3 is 2.69 bits per heavy atom. The van der Waals surface area contributed by atoms with Crippen LogP contribution in [0.15, 0.2) is 0 Å². The van der Waals surface area contributed by atoms with E-state index in [-0.39, 0.29) is 18.2 Å². The van der Waals surface area contributed by atoms with Crippen LogP contribution < -0.4 is 5.73 Å². The molecule has 0 aromatic rings. The van der Waals surface area contributed by atoms with E-state index in [1.165, 1.54) is 0 Å². The highest BCUT2D eigenvalue weighted by molar-refractivity contribution is 4.94. The molecule has 3 N–H and O–H groups in total. The van der Waals surface area contributed by atoms with Gasteiger partial charge in [-0.2, -0.15) is 0 Å². The smallest absolute Gasteiger partial charge is 0.163 e. The molecular formula is C9H17NO3. The molecule has 4 atom stereocenters. The summed E-state index contributed by atoms with van der Waals surface area (Å²) in [5.74, 6) is -0.569. The molecule has 0 radical (unpaired) electrons. The van der Waals surface area contributed by atoms with Crippen LogP contribution in [0.1, 0.15) is 26.7 Å². The van der Waals surface area contributed by atoms with Gasteiger partial charge in [0.15, 0.2) is 5.79 Å². The number of rotatable bonds is 0. The van der Waals surface area contributed by atoms with Crippen molar-refractivity contribution in [2.45, 2.75) is 56.8 Å². The van der Waals surface area contributed by atoms with Gasteiger partial charge in [-0.05, 0) is 26.7 Å². The molecule has 0 spiro atoms. The van der Waals surface area contributed by atoms with Gasteiger partial charge in [-0.3, -0.25) is 0 Å². The zero-order valence-corrected chi connectivity index (χ0v) is 8.06. The number of fused-ring (bicyclic) bond motifs is 1. The summed E-state index contributed by atoms with van der Waals surface area (Å²) in [6.45, 7) is 3.73. The van der Waals surface area contributed by atoms with Crippen molar-refractivity contribution in [3.05, 3.63) is 0 Å². The van der Waals surface area contributed by atoms with E-state index in [0.29, 0.717) is 6.42 Å². The zero-order chi connectivity index (χ0) is 9.64. The summed E-state index contributed by atoms with van der Waals surface area (Å²) in [5.41, 5.74) is 5.77. The summed E-state index contributed by atoms with van der Waals surface area (Å²) in [4.78, 5) is 0. The molecule has 1 aliphatic carbocycles. The minimum absolute atomic E-state index is 0.0336. The Kier molecular flexibility index (Phi) is 2.11. The molecule has 2 aliphatic rings. The van der Waals surface area contributed by atoms with Crippen molar-refractivity contribution in [3.63, 3.8) is 0 Å². The van der Waals surface area contributed by atoms with Crippen molar-refractivity contribution in [3.8, 4) is 0 Å². The molecule has 0 aromatic heterocycles. The van der Waals surface area contributed by atoms with Crippen LogP contribution in [0.2, 0.25) is 0 Å². The summed E-state index contributed by atoms with van der Waals surface area (Å²) in [5, 5.41) is 9.70. The molecule has 4 heteroatoms. The van der Waals surface area contributed by atoms with Crippen LogP contribution in [-0.2, 0) is 9.47 Å². The Bertz CT molecular complexity index is 207. The highest BCUT2D eigenvalue weighted by Crippen LogP contribution is 2.36. The molecule has 76 valence electrons. The fourth-order valence-electron chi connectivity index (χ4n) is 2.21. The van der Waals surface area contributed by atoms with E-state index < -0.39 is 11.9 Å². The lowest BCUT2D eigenvalue weighted by Crippen LogP contribution is -2.47. The van der Waals surface area contributed by atoms with Gasteiger partial charge in [0.05, 0.1) is 12.2 Å². The lowest BCUT2D eigenvalue weighted by atomic mass is 9.89. The topological polar surface area (TPSA) is 64.7 Å². The van der Waals surface area contributed by atoms with E-state index in [1.807, 2.05) is 13.8 Å². The van der Waals surface area contributed by atoms with Crippen molar-refractivity contribution in [1.82, 2.24) is 0 Å². The third kappa shape index (κ3) is 1.72. The van der Waals surface area contributed by atoms with E-state index in [9.17, 15) is 5.11 Å². The van der Waals surface area contributed by atoms with E-state index in [1.54, 1.807) is 0 Å². The standard InChI is InChI=1S/C9H17NO3/c1-9(2)12-7-4-5(10)3-6(11)8(7)13-9/h5-8,11H,3-4,10H2,1-2H3. The molecular weight excluding hydrogens is 170 g/mol. The summed E-state index contributed by atoms with van der Waals surface area (Å²) >= 11 is 0. The first-order valence-electron chi connectivity index (χ1n) is 4.77. The van der Waals surface area contributed by atoms with E-state index in [2.05, 4.69) is 0 Å². The number of nitrogens with two attached hydrogens (primary N) is 1. The average molecular weight is 187 g/mol. The molecule has 0 bridgehead atoms. The van der Waals surface area contributed by atoms with Crippen molar-refractivity contribution in [2.75, 3.05) is 0 Å². The fourth-order valence-corrected chi connectivity index (χ4v) is 2.21. The Hall–Kier alpha value is -0.160. The molecule has 4 nitrogen and oxygen atoms in total. The normalized spacial score (nSPS) is 48.9. The second-order valence-corrected chi connectivity index (χ2v) is 4.44. The Morgan fingerprint density at radius 2 is 2.00 bits per heavy atom. The van der Waals surface area contributed by atoms with Crippen LogP contribution in [0.5, 0.6) is 0 Å². The highest BCUT2D eigenvalue weighted by atomic mass is 16.8. The quantitative estimate of drug-likeness (QED) is 0.560. The predicted molar refractivity (Wildman–Crippen MR) is 47.0 cm³/mol. The summed E-state index contributed by atoms with van der Waals surface area (Å²) < 4.78 is 11.2. The Morgan fingerprint density at radius 1 is 1.31 bits per heavy atom. The van der Waals surface area contributed by atoms with Gasteiger partial charge in [-0.15, -0.1) is 0 Å². The molecule has 2 rings (SSSR count). The maximum Gasteiger partial charge on any atom is 0.163 e. The Balaban J connectivity index is 2.10. The second-order valence-electron chi connectivity index (χ2n) is 4.44. The maximum absolute atomic E-state index is 9.70. The van der Waals surface area contributed by atoms with Crippen molar-refractivity contribution in [1.29, 1.82) is 0 Å². The lowest BCUT2D eigenvalue weighted by molar-refractivity contribution is -0.153. The average Bonchev–Trinajstić information content (AvgIpc) is 2.23. The first-order valence-corrected chi connectivity index (χ1v) is 4.77. The monoisotopic (exact) mass is 187 g/mol. The van der Waals surface area contributed by atoms with Gasteiger partial charge in [-0.1, -0.05) is 0 Å². The zero-order valence-electron chi connectivity index (χ0n) is 8.06. The van der Waals surface area contributed by atoms with Crippen molar-refractivity contribution < 1.29 is 14.6 Å². The third-order valence-electron chi connectivity index (χ3n) is 2.68. The van der Waals surface area contributed by atoms with Crippen molar-refractivity contribution >= 4 is 0 Å². The van der Waals surface area contributed by atoms with Gasteiger partial charge >= 0.3 is 0 Å². The van der Waals surface area contributed by atoms with Crippen LogP contribution >= 0.6 is 0 Å². The van der Waals surface area contributed by atoms with E-state index >= 15 is 0 Å². The third-order valence-corrected chi connectivity index (χ3v) is 2.68. The Labute approximate surface area is 78.0 Å². The molecule has 1 saturated heterocycles. The van der Waals surface area contributed by atoms with Crippen LogP contribution in [0.3, 0.4) is 0 Å². The molecule has 0 amide bonds. The summed E-state index contributed by atoms with van der Waals surface area (Å²) in [6.07, 6.45) is 0.699. The number of hydrogen-bond donors (Lipinski definition) is 2. The van der Waals surface area contributed by atoms with E-state index in [4.69, 9.17) is 15.2 Å². The lowest BCUT2D eigenvalue weighted by Gasteiger charge is -2.31. The minimum atomic E-state index is -0.569. The van der Waals surface area contributed by atoms with E-state index in [0.717, 1.165) is 6.42 Å². The van der Waals surface area contributed by atoms with Gasteiger partial charge < -0.3 is 20.3 Å². The van der Waals surface area contributed by atoms with Crippen molar-refractivity contribution in [2.24, 2.45) is 5.73 Å². The van der Waals surface area contributed by atoms with Gasteiger partial charge in [0.25, 0.3) is 0 Å². The van der Waals surface area contributed by atoms with Gasteiger partial charge in [0.2, 0.25) is 0 Å². The molecule has 13 heavy (non-hydrogen) atoms. The van der Waals surface area contributed by atoms with Gasteiger partial charge in [0, 0.05) is 6.04 Å². The predicted octanol–water partition coefficient (Wildman–Crippen LogP) is -0.0115. The first kappa shape index (κ1) is 9.40. The minimum Gasteiger partial charge on any atom is -0.390 e. The van der Waals surface area contributed by atoms with Crippen LogP contribution in [0.25, 0.3) is 0 Å². The highest BCUT2D eigenvalue weighted by Gasteiger charge is 2.48. The number of hydrogen-bond acceptors (Lipinski definition) is 4. The number of aliphatic hydroxyl groups excluding tert-OH is 1. The SMILES string of the molecule is CC1(C)OC2CC(N)CC(O)C2O1. The molecule has 1 aliphatic heterocycles. The van der Waals surface area contributed by atoms with Crippen LogP contribution in [0.4, 0.5) is 0 Å². The second kappa shape index (κ2) is 2.92. The number of aliphatic hydroxyl groups is 1. The first-order chi connectivity index (χ1) is 5.98. The summed E-state index contributed by atoms with van der Waals surface area (Å²) in [7, 11) is 0. The largest absolute Gasteiger partial charge is 0.390 e.